The number of hydrogen-bond donors (Lipinski definition) is 2. The molecule has 2 atom stereocenters. The Morgan fingerprint density at radius 1 is 1.62 bits per heavy atom. The van der Waals surface area contributed by atoms with E-state index < -0.39 is 6.10 Å². The van der Waals surface area contributed by atoms with Crippen molar-refractivity contribution in [2.75, 3.05) is 25.0 Å². The molecule has 0 bridgehead atoms. The first-order valence-electron chi connectivity index (χ1n) is 7.39. The molecule has 1 amide bonds. The Kier molecular flexibility index (Phi) is 5.42. The molecule has 0 aliphatic carbocycles. The summed E-state index contributed by atoms with van der Waals surface area (Å²) in [6.45, 7) is 5.86. The van der Waals surface area contributed by atoms with Gasteiger partial charge < -0.3 is 15.3 Å². The van der Waals surface area contributed by atoms with Crippen LogP contribution in [0.2, 0.25) is 5.02 Å². The third-order valence-corrected chi connectivity index (χ3v) is 4.15. The highest BCUT2D eigenvalue weighted by atomic mass is 35.5. The molecule has 21 heavy (non-hydrogen) atoms. The van der Waals surface area contributed by atoms with Crippen molar-refractivity contribution < 1.29 is 9.90 Å². The molecular weight excluding hydrogens is 290 g/mol. The highest BCUT2D eigenvalue weighted by molar-refractivity contribution is 6.33. The second-order valence-corrected chi connectivity index (χ2v) is 5.97. The molecule has 6 heteroatoms. The summed E-state index contributed by atoms with van der Waals surface area (Å²) >= 11 is 6.11. The Morgan fingerprint density at radius 3 is 3.05 bits per heavy atom. The van der Waals surface area contributed by atoms with Crippen molar-refractivity contribution in [1.82, 2.24) is 9.88 Å². The zero-order valence-electron chi connectivity index (χ0n) is 12.5. The summed E-state index contributed by atoms with van der Waals surface area (Å²) in [5, 5.41) is 13.4. The molecule has 1 fully saturated rings. The van der Waals surface area contributed by atoms with E-state index >= 15 is 0 Å². The number of hydrogen-bond acceptors (Lipinski definition) is 4. The SMILES string of the molecule is CCCNc1cc(C(=O)N2CCC(C)C(O)C2)c(Cl)cn1. The van der Waals surface area contributed by atoms with Crippen molar-refractivity contribution in [3.8, 4) is 0 Å². The summed E-state index contributed by atoms with van der Waals surface area (Å²) in [5.74, 6) is 0.729. The molecule has 116 valence electrons. The topological polar surface area (TPSA) is 65.5 Å². The highest BCUT2D eigenvalue weighted by Crippen LogP contribution is 2.23. The Morgan fingerprint density at radius 2 is 2.38 bits per heavy atom. The van der Waals surface area contributed by atoms with E-state index in [1.54, 1.807) is 11.0 Å². The van der Waals surface area contributed by atoms with Crippen LogP contribution in [0.15, 0.2) is 12.3 Å². The summed E-state index contributed by atoms with van der Waals surface area (Å²) in [4.78, 5) is 18.4. The zero-order valence-corrected chi connectivity index (χ0v) is 13.2. The van der Waals surface area contributed by atoms with Gasteiger partial charge in [-0.1, -0.05) is 25.4 Å². The number of pyridine rings is 1. The fourth-order valence-corrected chi connectivity index (χ4v) is 2.54. The summed E-state index contributed by atoms with van der Waals surface area (Å²) in [6.07, 6.45) is 2.80. The predicted octanol–water partition coefficient (Wildman–Crippen LogP) is 2.40. The number of nitrogens with zero attached hydrogens (tertiary/aromatic N) is 2. The van der Waals surface area contributed by atoms with Gasteiger partial charge in [-0.15, -0.1) is 0 Å². The maximum atomic E-state index is 12.6. The molecule has 2 N–H and O–H groups in total. The average Bonchev–Trinajstić information content (AvgIpc) is 2.48. The number of β-amino-alcohol motifs (C(OH)–C–C–N with tert-alkyl or cyclic N) is 1. The third kappa shape index (κ3) is 3.86. The van der Waals surface area contributed by atoms with E-state index in [0.717, 1.165) is 19.4 Å². The van der Waals surface area contributed by atoms with E-state index in [2.05, 4.69) is 17.2 Å². The van der Waals surface area contributed by atoms with Crippen LogP contribution in [-0.2, 0) is 0 Å². The fraction of sp³-hybridized carbons (Fsp3) is 0.600. The van der Waals surface area contributed by atoms with Crippen molar-refractivity contribution in [2.24, 2.45) is 5.92 Å². The van der Waals surface area contributed by atoms with E-state index in [-0.39, 0.29) is 11.8 Å². The Balaban J connectivity index is 2.14. The van der Waals surface area contributed by atoms with Crippen LogP contribution in [0.5, 0.6) is 0 Å². The van der Waals surface area contributed by atoms with Crippen LogP contribution in [0.1, 0.15) is 37.0 Å². The number of carbonyl (C=O) groups excluding carboxylic acids is 1. The molecule has 2 unspecified atom stereocenters. The first kappa shape index (κ1) is 16.0. The van der Waals surface area contributed by atoms with Gasteiger partial charge in [0.1, 0.15) is 5.82 Å². The molecule has 0 saturated carbocycles. The van der Waals surface area contributed by atoms with Crippen LogP contribution in [0.3, 0.4) is 0 Å². The van der Waals surface area contributed by atoms with Gasteiger partial charge in [0.15, 0.2) is 0 Å². The van der Waals surface area contributed by atoms with E-state index in [0.29, 0.717) is 29.5 Å². The normalized spacial score (nSPS) is 22.2. The minimum absolute atomic E-state index is 0.145. The van der Waals surface area contributed by atoms with Crippen molar-refractivity contribution in [3.05, 3.63) is 22.8 Å². The van der Waals surface area contributed by atoms with Crippen molar-refractivity contribution in [3.63, 3.8) is 0 Å². The molecule has 0 aromatic carbocycles. The number of aromatic nitrogens is 1. The Bertz CT molecular complexity index is 510. The van der Waals surface area contributed by atoms with Gasteiger partial charge >= 0.3 is 0 Å². The molecule has 5 nitrogen and oxygen atoms in total. The monoisotopic (exact) mass is 311 g/mol. The number of carbonyl (C=O) groups is 1. The van der Waals surface area contributed by atoms with Crippen LogP contribution in [0.4, 0.5) is 5.82 Å². The molecule has 0 radical (unpaired) electrons. The van der Waals surface area contributed by atoms with Gasteiger partial charge in [-0.25, -0.2) is 4.98 Å². The molecule has 2 heterocycles. The molecule has 0 spiro atoms. The lowest BCUT2D eigenvalue weighted by Crippen LogP contribution is -2.45. The lowest BCUT2D eigenvalue weighted by atomic mass is 9.95. The smallest absolute Gasteiger partial charge is 0.255 e. The van der Waals surface area contributed by atoms with E-state index in [1.165, 1.54) is 6.20 Å². The maximum Gasteiger partial charge on any atom is 0.255 e. The van der Waals surface area contributed by atoms with Gasteiger partial charge in [-0.2, -0.15) is 0 Å². The molecule has 1 aliphatic heterocycles. The lowest BCUT2D eigenvalue weighted by Gasteiger charge is -2.34. The summed E-state index contributed by atoms with van der Waals surface area (Å²) in [6, 6.07) is 1.69. The quantitative estimate of drug-likeness (QED) is 0.896. The average molecular weight is 312 g/mol. The van der Waals surface area contributed by atoms with Crippen molar-refractivity contribution >= 4 is 23.3 Å². The molecule has 2 rings (SSSR count). The number of nitrogens with one attached hydrogen (secondary N) is 1. The van der Waals surface area contributed by atoms with Crippen LogP contribution >= 0.6 is 11.6 Å². The second kappa shape index (κ2) is 7.09. The highest BCUT2D eigenvalue weighted by Gasteiger charge is 2.28. The minimum atomic E-state index is -0.471. The van der Waals surface area contributed by atoms with Crippen molar-refractivity contribution in [2.45, 2.75) is 32.8 Å². The van der Waals surface area contributed by atoms with Gasteiger partial charge in [0.05, 0.1) is 16.7 Å². The number of piperidine rings is 1. The number of likely N-dealkylation sites (tertiary alicyclic amines) is 1. The summed E-state index contributed by atoms with van der Waals surface area (Å²) in [7, 11) is 0. The largest absolute Gasteiger partial charge is 0.391 e. The summed E-state index contributed by atoms with van der Waals surface area (Å²) in [5.41, 5.74) is 0.437. The number of aliphatic hydroxyl groups is 1. The first-order chi connectivity index (χ1) is 10.0. The van der Waals surface area contributed by atoms with E-state index in [1.807, 2.05) is 6.92 Å². The van der Waals surface area contributed by atoms with Crippen molar-refractivity contribution in [1.29, 1.82) is 0 Å². The minimum Gasteiger partial charge on any atom is -0.391 e. The van der Waals surface area contributed by atoms with Crippen LogP contribution < -0.4 is 5.32 Å². The zero-order chi connectivity index (χ0) is 15.4. The Hall–Kier alpha value is -1.33. The molecular formula is C15H22ClN3O2. The van der Waals surface area contributed by atoms with E-state index in [9.17, 15) is 9.90 Å². The van der Waals surface area contributed by atoms with Crippen LogP contribution in [-0.4, -0.2) is 46.6 Å². The third-order valence-electron chi connectivity index (χ3n) is 3.85. The predicted molar refractivity (Wildman–Crippen MR) is 83.7 cm³/mol. The fourth-order valence-electron chi connectivity index (χ4n) is 2.36. The molecule has 1 aromatic rings. The summed E-state index contributed by atoms with van der Waals surface area (Å²) < 4.78 is 0. The number of aliphatic hydroxyl groups excluding tert-OH is 1. The van der Waals surface area contributed by atoms with Crippen LogP contribution in [0.25, 0.3) is 0 Å². The van der Waals surface area contributed by atoms with Crippen LogP contribution in [0, 0.1) is 5.92 Å². The van der Waals surface area contributed by atoms with Gasteiger partial charge in [0, 0.05) is 25.8 Å². The maximum absolute atomic E-state index is 12.6. The number of rotatable bonds is 4. The van der Waals surface area contributed by atoms with Gasteiger partial charge in [-0.05, 0) is 24.8 Å². The molecule has 1 saturated heterocycles. The molecule has 1 aliphatic rings. The second-order valence-electron chi connectivity index (χ2n) is 5.56. The molecule has 1 aromatic heterocycles. The standard InChI is InChI=1S/C15H22ClN3O2/c1-3-5-17-14-7-11(12(16)8-18-14)15(21)19-6-4-10(2)13(20)9-19/h7-8,10,13,20H,3-6,9H2,1-2H3,(H,17,18). The number of halogens is 1. The number of amides is 1. The van der Waals surface area contributed by atoms with E-state index in [4.69, 9.17) is 11.6 Å². The van der Waals surface area contributed by atoms with Gasteiger partial charge in [0.25, 0.3) is 5.91 Å². The number of anilines is 1. The van der Waals surface area contributed by atoms with Gasteiger partial charge in [-0.3, -0.25) is 4.79 Å². The van der Waals surface area contributed by atoms with Gasteiger partial charge in [0.2, 0.25) is 0 Å². The Labute approximate surface area is 130 Å². The lowest BCUT2D eigenvalue weighted by molar-refractivity contribution is 0.0249. The first-order valence-corrected chi connectivity index (χ1v) is 7.77.